The van der Waals surface area contributed by atoms with Gasteiger partial charge in [0.15, 0.2) is 0 Å². The third kappa shape index (κ3) is 5.24. The smallest absolute Gasteiger partial charge is 0.0961 e. The summed E-state index contributed by atoms with van der Waals surface area (Å²) in [5.74, 6) is 0. The van der Waals surface area contributed by atoms with Crippen molar-refractivity contribution in [1.29, 1.82) is 0 Å². The topological polar surface area (TPSA) is 0 Å². The lowest BCUT2D eigenvalue weighted by atomic mass is 9.88. The van der Waals surface area contributed by atoms with Crippen molar-refractivity contribution in [3.8, 4) is 11.1 Å². The molecule has 0 spiro atoms. The highest BCUT2D eigenvalue weighted by atomic mass is 79.9. The molecule has 0 amide bonds. The van der Waals surface area contributed by atoms with Gasteiger partial charge in [-0.2, -0.15) is 0 Å². The largest absolute Gasteiger partial charge is 0.113 e. The minimum absolute atomic E-state index is 0.785. The average Bonchev–Trinajstić information content (AvgIpc) is 2.85. The average molecular weight is 499 g/mol. The van der Waals surface area contributed by atoms with E-state index in [0.717, 1.165) is 28.3 Å². The lowest BCUT2D eigenvalue weighted by Gasteiger charge is -2.16. The summed E-state index contributed by atoms with van der Waals surface area (Å²) in [4.78, 5) is 0. The maximum atomic E-state index is 6.10. The first-order valence-corrected chi connectivity index (χ1v) is 12.4. The van der Waals surface area contributed by atoms with Crippen LogP contribution in [0.4, 0.5) is 0 Å². The normalized spacial score (nSPS) is 15.4. The molecular weight excluding hydrogens is 475 g/mol. The highest BCUT2D eigenvalue weighted by molar-refractivity contribution is 9.10. The Morgan fingerprint density at radius 1 is 0.559 bits per heavy atom. The Kier molecular flexibility index (Phi) is 6.78. The zero-order valence-electron chi connectivity index (χ0n) is 18.9. The molecule has 1 aliphatic carbocycles. The van der Waals surface area contributed by atoms with Crippen molar-refractivity contribution in [2.24, 2.45) is 0 Å². The Bertz CT molecular complexity index is 1390. The standard InChI is InChI=1S/C32H24BBr/c33-31-13-5-11-28(21-31)26-9-4-10-27(29-12-6-14-32(34)22-29)20-30(19-26)25-17-15-24(16-18-25)23-7-2-1-3-8-23/h1-3,5-9,11-22H,4,10H2/b26-9?,27-20-,30-19?. The second kappa shape index (κ2) is 10.3. The van der Waals surface area contributed by atoms with E-state index in [2.05, 4.69) is 125 Å². The molecule has 0 heterocycles. The molecule has 2 radical (unpaired) electrons. The van der Waals surface area contributed by atoms with Gasteiger partial charge in [0.05, 0.1) is 0 Å². The van der Waals surface area contributed by atoms with E-state index in [9.17, 15) is 0 Å². The zero-order chi connectivity index (χ0) is 23.3. The monoisotopic (exact) mass is 498 g/mol. The second-order valence-electron chi connectivity index (χ2n) is 8.55. The lowest BCUT2D eigenvalue weighted by molar-refractivity contribution is 1.07. The molecule has 2 heteroatoms. The van der Waals surface area contributed by atoms with Gasteiger partial charge in [0.1, 0.15) is 7.85 Å². The van der Waals surface area contributed by atoms with Gasteiger partial charge in [-0.25, -0.2) is 0 Å². The summed E-state index contributed by atoms with van der Waals surface area (Å²) in [7, 11) is 6.10. The first-order valence-electron chi connectivity index (χ1n) is 11.6. The van der Waals surface area contributed by atoms with E-state index in [1.165, 1.54) is 39.0 Å². The van der Waals surface area contributed by atoms with Crippen LogP contribution in [0.25, 0.3) is 27.8 Å². The molecule has 0 nitrogen and oxygen atoms in total. The van der Waals surface area contributed by atoms with Crippen molar-refractivity contribution in [1.82, 2.24) is 0 Å². The van der Waals surface area contributed by atoms with Gasteiger partial charge in [0.25, 0.3) is 0 Å². The molecular formula is C32H24BBr. The van der Waals surface area contributed by atoms with Gasteiger partial charge in [0, 0.05) is 4.47 Å². The molecule has 4 aromatic carbocycles. The number of halogens is 1. The Balaban J connectivity index is 1.60. The summed E-state index contributed by atoms with van der Waals surface area (Å²) in [6, 6.07) is 36.1. The van der Waals surface area contributed by atoms with Crippen LogP contribution in [0, 0.1) is 0 Å². The van der Waals surface area contributed by atoms with Gasteiger partial charge < -0.3 is 0 Å². The Morgan fingerprint density at radius 3 is 2.00 bits per heavy atom. The van der Waals surface area contributed by atoms with Crippen LogP contribution in [0.3, 0.4) is 0 Å². The fraction of sp³-hybridized carbons (Fsp3) is 0.0625. The van der Waals surface area contributed by atoms with Crippen molar-refractivity contribution in [2.75, 3.05) is 0 Å². The Labute approximate surface area is 211 Å². The number of allylic oxidation sites excluding steroid dienone is 6. The predicted octanol–water partition coefficient (Wildman–Crippen LogP) is 8.25. The van der Waals surface area contributed by atoms with Gasteiger partial charge in [-0.05, 0) is 75.6 Å². The van der Waals surface area contributed by atoms with E-state index < -0.39 is 0 Å². The van der Waals surface area contributed by atoms with Crippen molar-refractivity contribution >= 4 is 46.0 Å². The highest BCUT2D eigenvalue weighted by Gasteiger charge is 2.11. The van der Waals surface area contributed by atoms with Crippen molar-refractivity contribution in [2.45, 2.75) is 12.8 Å². The van der Waals surface area contributed by atoms with Crippen LogP contribution in [0.1, 0.15) is 29.5 Å². The second-order valence-corrected chi connectivity index (χ2v) is 9.46. The van der Waals surface area contributed by atoms with Crippen LogP contribution in [0.2, 0.25) is 0 Å². The molecule has 0 N–H and O–H groups in total. The molecule has 0 bridgehead atoms. The number of hydrogen-bond donors (Lipinski definition) is 0. The van der Waals surface area contributed by atoms with Crippen molar-refractivity contribution < 1.29 is 0 Å². The van der Waals surface area contributed by atoms with Crippen LogP contribution < -0.4 is 5.46 Å². The number of hydrogen-bond acceptors (Lipinski definition) is 0. The van der Waals surface area contributed by atoms with Crippen LogP contribution in [-0.4, -0.2) is 7.85 Å². The van der Waals surface area contributed by atoms with Crippen LogP contribution >= 0.6 is 15.9 Å². The highest BCUT2D eigenvalue weighted by Crippen LogP contribution is 2.33. The molecule has 0 saturated carbocycles. The van der Waals surface area contributed by atoms with Crippen LogP contribution in [0.5, 0.6) is 0 Å². The van der Waals surface area contributed by atoms with Crippen molar-refractivity contribution in [3.63, 3.8) is 0 Å². The fourth-order valence-corrected chi connectivity index (χ4v) is 4.80. The molecule has 0 aliphatic heterocycles. The van der Waals surface area contributed by atoms with Gasteiger partial charge in [-0.3, -0.25) is 0 Å². The zero-order valence-corrected chi connectivity index (χ0v) is 20.5. The molecule has 4 aromatic rings. The molecule has 0 atom stereocenters. The SMILES string of the molecule is [B]c1cccc(C2=CCC/C(c3cccc(Br)c3)=C/C(c3ccc(-c4ccccc4)cc3)=C2)c1. The minimum Gasteiger partial charge on any atom is -0.0961 e. The molecule has 5 rings (SSSR count). The van der Waals surface area contributed by atoms with E-state index in [1.807, 2.05) is 12.1 Å². The maximum absolute atomic E-state index is 6.10. The third-order valence-corrected chi connectivity index (χ3v) is 6.65. The van der Waals surface area contributed by atoms with Gasteiger partial charge >= 0.3 is 0 Å². The van der Waals surface area contributed by atoms with E-state index in [0.29, 0.717) is 0 Å². The molecule has 0 aromatic heterocycles. The maximum Gasteiger partial charge on any atom is 0.113 e. The molecule has 1 aliphatic rings. The van der Waals surface area contributed by atoms with Crippen LogP contribution in [0.15, 0.2) is 126 Å². The molecule has 0 unspecified atom stereocenters. The van der Waals surface area contributed by atoms with E-state index >= 15 is 0 Å². The lowest BCUT2D eigenvalue weighted by Crippen LogP contribution is -2.02. The van der Waals surface area contributed by atoms with Gasteiger partial charge in [0.2, 0.25) is 0 Å². The summed E-state index contributed by atoms with van der Waals surface area (Å²) < 4.78 is 1.10. The molecule has 34 heavy (non-hydrogen) atoms. The number of benzene rings is 4. The van der Waals surface area contributed by atoms with Crippen molar-refractivity contribution in [3.05, 3.63) is 143 Å². The molecule has 162 valence electrons. The third-order valence-electron chi connectivity index (χ3n) is 6.16. The van der Waals surface area contributed by atoms with Gasteiger partial charge in [-0.1, -0.05) is 125 Å². The molecule has 0 saturated heterocycles. The molecule has 0 fully saturated rings. The summed E-state index contributed by atoms with van der Waals surface area (Å²) in [6.45, 7) is 0. The van der Waals surface area contributed by atoms with E-state index in [-0.39, 0.29) is 0 Å². The first-order chi connectivity index (χ1) is 16.7. The summed E-state index contributed by atoms with van der Waals surface area (Å²) in [5, 5.41) is 0. The van der Waals surface area contributed by atoms with E-state index in [1.54, 1.807) is 0 Å². The Morgan fingerprint density at radius 2 is 1.24 bits per heavy atom. The predicted molar refractivity (Wildman–Crippen MR) is 151 cm³/mol. The number of rotatable bonds is 4. The van der Waals surface area contributed by atoms with Gasteiger partial charge in [-0.15, -0.1) is 0 Å². The quantitative estimate of drug-likeness (QED) is 0.248. The summed E-state index contributed by atoms with van der Waals surface area (Å²) in [6.07, 6.45) is 8.92. The summed E-state index contributed by atoms with van der Waals surface area (Å²) >= 11 is 3.64. The first kappa shape index (κ1) is 22.4. The Hall–Kier alpha value is -3.36. The minimum atomic E-state index is 0.785. The van der Waals surface area contributed by atoms with E-state index in [4.69, 9.17) is 7.85 Å². The fourth-order valence-electron chi connectivity index (χ4n) is 4.40. The summed E-state index contributed by atoms with van der Waals surface area (Å²) in [5.41, 5.74) is 10.6. The van der Waals surface area contributed by atoms with Crippen LogP contribution in [-0.2, 0) is 0 Å².